The Morgan fingerprint density at radius 2 is 1.76 bits per heavy atom. The smallest absolute Gasteiger partial charge is 0.0996 e. The molecule has 0 aromatic heterocycles. The van der Waals surface area contributed by atoms with Gasteiger partial charge in [0.05, 0.1) is 5.66 Å². The van der Waals surface area contributed by atoms with Crippen LogP contribution in [0, 0.1) is 0 Å². The van der Waals surface area contributed by atoms with E-state index in [0.717, 1.165) is 17.5 Å². The summed E-state index contributed by atoms with van der Waals surface area (Å²) in [6.07, 6.45) is 1.39. The van der Waals surface area contributed by atoms with Gasteiger partial charge in [0.25, 0.3) is 0 Å². The molecule has 0 saturated heterocycles. The highest BCUT2D eigenvalue weighted by Crippen LogP contribution is 2.38. The van der Waals surface area contributed by atoms with E-state index in [0.29, 0.717) is 16.5 Å². The number of rotatable bonds is 8. The summed E-state index contributed by atoms with van der Waals surface area (Å²) in [6.45, 7) is 4.26. The fourth-order valence-electron chi connectivity index (χ4n) is 3.26. The molecule has 0 aliphatic carbocycles. The van der Waals surface area contributed by atoms with Crippen molar-refractivity contribution >= 4 is 23.2 Å². The number of aliphatic hydroxyl groups is 1. The zero-order valence-corrected chi connectivity index (χ0v) is 16.2. The lowest BCUT2D eigenvalue weighted by molar-refractivity contribution is 0.221. The van der Waals surface area contributed by atoms with E-state index in [9.17, 15) is 5.11 Å². The topological polar surface area (TPSA) is 58.3 Å². The van der Waals surface area contributed by atoms with Crippen LogP contribution in [0.2, 0.25) is 10.0 Å². The standard InChI is InChI=1S/C20H26Cl2N2O/c1-14(2)24-20(23,16-8-10-17(21)11-9-16)19(7-4-12-25)15-5-3-6-18(22)13-15/h3,5-6,8-11,13-14,19,24-25H,4,7,12,23H2,1-2H3/t19-,20-/m1/s1. The summed E-state index contributed by atoms with van der Waals surface area (Å²) in [6, 6.07) is 15.5. The third-order valence-electron chi connectivity index (χ3n) is 4.30. The Labute approximate surface area is 160 Å². The molecule has 0 saturated carbocycles. The SMILES string of the molecule is CC(C)N[C@](N)(c1ccc(Cl)cc1)[C@H](CCCO)c1cccc(Cl)c1. The van der Waals surface area contributed by atoms with Gasteiger partial charge in [0.15, 0.2) is 0 Å². The van der Waals surface area contributed by atoms with Gasteiger partial charge in [-0.05, 0) is 62.1 Å². The predicted molar refractivity (Wildman–Crippen MR) is 106 cm³/mol. The van der Waals surface area contributed by atoms with Gasteiger partial charge in [-0.15, -0.1) is 0 Å². The molecule has 0 aliphatic rings. The van der Waals surface area contributed by atoms with Crippen molar-refractivity contribution in [3.8, 4) is 0 Å². The van der Waals surface area contributed by atoms with E-state index in [4.69, 9.17) is 28.9 Å². The molecule has 2 aromatic carbocycles. The molecule has 0 amide bonds. The van der Waals surface area contributed by atoms with Gasteiger partial charge in [0.2, 0.25) is 0 Å². The summed E-state index contributed by atoms with van der Waals surface area (Å²) in [5.41, 5.74) is 8.15. The molecule has 3 nitrogen and oxygen atoms in total. The van der Waals surface area contributed by atoms with Crippen LogP contribution < -0.4 is 11.1 Å². The summed E-state index contributed by atoms with van der Waals surface area (Å²) in [5.74, 6) is -0.0538. The minimum atomic E-state index is -0.807. The Hall–Kier alpha value is -1.10. The van der Waals surface area contributed by atoms with Gasteiger partial charge >= 0.3 is 0 Å². The fourth-order valence-corrected chi connectivity index (χ4v) is 3.59. The Morgan fingerprint density at radius 3 is 2.32 bits per heavy atom. The van der Waals surface area contributed by atoms with Gasteiger partial charge in [0, 0.05) is 28.6 Å². The van der Waals surface area contributed by atoms with E-state index in [-0.39, 0.29) is 18.6 Å². The largest absolute Gasteiger partial charge is 0.396 e. The average molecular weight is 381 g/mol. The summed E-state index contributed by atoms with van der Waals surface area (Å²) in [4.78, 5) is 0. The van der Waals surface area contributed by atoms with Crippen LogP contribution in [0.15, 0.2) is 48.5 Å². The van der Waals surface area contributed by atoms with Crippen molar-refractivity contribution in [1.82, 2.24) is 5.32 Å². The Morgan fingerprint density at radius 1 is 1.08 bits per heavy atom. The Bertz CT molecular complexity index is 676. The highest BCUT2D eigenvalue weighted by atomic mass is 35.5. The van der Waals surface area contributed by atoms with E-state index in [1.807, 2.05) is 48.5 Å². The number of hydrogen-bond donors (Lipinski definition) is 3. The van der Waals surface area contributed by atoms with Crippen LogP contribution in [0.4, 0.5) is 0 Å². The van der Waals surface area contributed by atoms with Crippen molar-refractivity contribution in [2.75, 3.05) is 6.61 Å². The van der Waals surface area contributed by atoms with Crippen LogP contribution in [0.25, 0.3) is 0 Å². The van der Waals surface area contributed by atoms with E-state index in [1.165, 1.54) is 0 Å². The molecule has 2 rings (SSSR count). The number of hydrogen-bond acceptors (Lipinski definition) is 3. The monoisotopic (exact) mass is 380 g/mol. The molecule has 2 aromatic rings. The molecule has 0 unspecified atom stereocenters. The van der Waals surface area contributed by atoms with Crippen LogP contribution in [-0.4, -0.2) is 17.8 Å². The maximum Gasteiger partial charge on any atom is 0.0996 e. The Kier molecular flexibility index (Phi) is 7.29. The molecule has 0 aliphatic heterocycles. The molecule has 25 heavy (non-hydrogen) atoms. The fraction of sp³-hybridized carbons (Fsp3) is 0.400. The number of nitrogens with two attached hydrogens (primary N) is 1. The van der Waals surface area contributed by atoms with Crippen LogP contribution in [-0.2, 0) is 5.66 Å². The van der Waals surface area contributed by atoms with Gasteiger partial charge in [-0.25, -0.2) is 0 Å². The maximum atomic E-state index is 9.37. The molecular weight excluding hydrogens is 355 g/mol. The zero-order chi connectivity index (χ0) is 18.4. The second kappa shape index (κ2) is 9.02. The quantitative estimate of drug-likeness (QED) is 0.583. The highest BCUT2D eigenvalue weighted by Gasteiger charge is 2.37. The molecule has 2 atom stereocenters. The number of halogens is 2. The van der Waals surface area contributed by atoms with Crippen molar-refractivity contribution < 1.29 is 5.11 Å². The molecule has 4 N–H and O–H groups in total. The first-order valence-electron chi connectivity index (χ1n) is 8.55. The van der Waals surface area contributed by atoms with Gasteiger partial charge in [-0.1, -0.05) is 47.5 Å². The lowest BCUT2D eigenvalue weighted by atomic mass is 9.78. The first-order valence-corrected chi connectivity index (χ1v) is 9.31. The summed E-state index contributed by atoms with van der Waals surface area (Å²) < 4.78 is 0. The van der Waals surface area contributed by atoms with Crippen molar-refractivity contribution in [2.45, 2.75) is 44.3 Å². The van der Waals surface area contributed by atoms with E-state index < -0.39 is 5.66 Å². The van der Waals surface area contributed by atoms with Gasteiger partial charge in [-0.2, -0.15) is 0 Å². The van der Waals surface area contributed by atoms with Gasteiger partial charge < -0.3 is 10.8 Å². The van der Waals surface area contributed by atoms with E-state index in [2.05, 4.69) is 19.2 Å². The molecular formula is C20H26Cl2N2O. The maximum absolute atomic E-state index is 9.37. The first kappa shape index (κ1) is 20.2. The van der Waals surface area contributed by atoms with E-state index >= 15 is 0 Å². The minimum Gasteiger partial charge on any atom is -0.396 e. The van der Waals surface area contributed by atoms with Crippen LogP contribution in [0.3, 0.4) is 0 Å². The van der Waals surface area contributed by atoms with Crippen molar-refractivity contribution in [2.24, 2.45) is 5.73 Å². The summed E-state index contributed by atoms with van der Waals surface area (Å²) in [7, 11) is 0. The van der Waals surface area contributed by atoms with Gasteiger partial charge in [-0.3, -0.25) is 5.32 Å². The molecule has 0 bridgehead atoms. The second-order valence-corrected chi connectivity index (χ2v) is 7.52. The van der Waals surface area contributed by atoms with Crippen molar-refractivity contribution in [1.29, 1.82) is 0 Å². The second-order valence-electron chi connectivity index (χ2n) is 6.65. The van der Waals surface area contributed by atoms with E-state index in [1.54, 1.807) is 0 Å². The Balaban J connectivity index is 2.53. The molecule has 0 heterocycles. The minimum absolute atomic E-state index is 0.0538. The zero-order valence-electron chi connectivity index (χ0n) is 14.7. The number of benzene rings is 2. The third-order valence-corrected chi connectivity index (χ3v) is 4.79. The van der Waals surface area contributed by atoms with Gasteiger partial charge in [0.1, 0.15) is 0 Å². The summed E-state index contributed by atoms with van der Waals surface area (Å²) in [5, 5.41) is 14.2. The average Bonchev–Trinajstić information content (AvgIpc) is 2.55. The lowest BCUT2D eigenvalue weighted by Gasteiger charge is -2.41. The van der Waals surface area contributed by atoms with Crippen LogP contribution in [0.5, 0.6) is 0 Å². The third kappa shape index (κ3) is 5.19. The molecule has 136 valence electrons. The summed E-state index contributed by atoms with van der Waals surface area (Å²) >= 11 is 12.3. The van der Waals surface area contributed by atoms with Crippen LogP contribution >= 0.6 is 23.2 Å². The molecule has 0 spiro atoms. The first-order chi connectivity index (χ1) is 11.9. The molecule has 0 radical (unpaired) electrons. The predicted octanol–water partition coefficient (Wildman–Crippen LogP) is 4.66. The normalized spacial score (nSPS) is 15.2. The molecule has 0 fully saturated rings. The highest BCUT2D eigenvalue weighted by molar-refractivity contribution is 6.30. The van der Waals surface area contributed by atoms with Crippen LogP contribution in [0.1, 0.15) is 43.7 Å². The molecule has 5 heteroatoms. The lowest BCUT2D eigenvalue weighted by Crippen LogP contribution is -2.57. The van der Waals surface area contributed by atoms with Crippen molar-refractivity contribution in [3.63, 3.8) is 0 Å². The number of nitrogens with one attached hydrogen (secondary N) is 1. The number of aliphatic hydroxyl groups excluding tert-OH is 1. The van der Waals surface area contributed by atoms with Crippen molar-refractivity contribution in [3.05, 3.63) is 69.7 Å².